The fourth-order valence-corrected chi connectivity index (χ4v) is 2.85. The average molecular weight is 369 g/mol. The molecular formula is C17H19N7O3. The van der Waals surface area contributed by atoms with Crippen LogP contribution in [0.5, 0.6) is 0 Å². The summed E-state index contributed by atoms with van der Waals surface area (Å²) in [6.07, 6.45) is 5.12. The molecular weight excluding hydrogens is 350 g/mol. The molecule has 0 bridgehead atoms. The van der Waals surface area contributed by atoms with Crippen molar-refractivity contribution in [3.8, 4) is 0 Å². The van der Waals surface area contributed by atoms with E-state index in [1.807, 2.05) is 0 Å². The second kappa shape index (κ2) is 7.68. The lowest BCUT2D eigenvalue weighted by Gasteiger charge is -2.11. The van der Waals surface area contributed by atoms with Gasteiger partial charge in [-0.25, -0.2) is 0 Å². The number of fused-ring (bicyclic) bond motifs is 1. The van der Waals surface area contributed by atoms with Crippen molar-refractivity contribution in [3.05, 3.63) is 52.7 Å². The molecule has 1 aliphatic rings. The second-order valence-corrected chi connectivity index (χ2v) is 5.92. The molecule has 6 N–H and O–H groups in total. The number of pyridine rings is 1. The second-order valence-electron chi connectivity index (χ2n) is 5.92. The van der Waals surface area contributed by atoms with Gasteiger partial charge in [0.05, 0.1) is 5.71 Å². The molecule has 10 nitrogen and oxygen atoms in total. The van der Waals surface area contributed by atoms with E-state index in [2.05, 4.69) is 26.0 Å². The molecule has 0 atom stereocenters. The minimum atomic E-state index is -0.564. The number of hydrogen-bond acceptors (Lipinski definition) is 6. The molecule has 0 aromatic carbocycles. The minimum Gasteiger partial charge on any atom is -0.455 e. The summed E-state index contributed by atoms with van der Waals surface area (Å²) in [4.78, 5) is 28.3. The van der Waals surface area contributed by atoms with Gasteiger partial charge in [0.15, 0.2) is 5.76 Å². The molecule has 2 aromatic heterocycles. The number of rotatable bonds is 3. The topological polar surface area (TPSA) is 161 Å². The molecule has 0 aliphatic heterocycles. The number of carbonyl (C=O) groups is 2. The van der Waals surface area contributed by atoms with E-state index in [0.29, 0.717) is 35.4 Å². The van der Waals surface area contributed by atoms with Crippen LogP contribution in [0.3, 0.4) is 0 Å². The number of nitrogens with two attached hydrogens (primary N) is 2. The van der Waals surface area contributed by atoms with Gasteiger partial charge in [-0.2, -0.15) is 5.10 Å². The number of hydrogen-bond donors (Lipinski definition) is 4. The summed E-state index contributed by atoms with van der Waals surface area (Å²) < 4.78 is 5.71. The highest BCUT2D eigenvalue weighted by molar-refractivity contribution is 6.07. The summed E-state index contributed by atoms with van der Waals surface area (Å²) in [5, 5.41) is 7.75. The lowest BCUT2D eigenvalue weighted by molar-refractivity contribution is 0.0829. The summed E-state index contributed by atoms with van der Waals surface area (Å²) in [5.41, 5.74) is 17.7. The minimum absolute atomic E-state index is 0.106. The van der Waals surface area contributed by atoms with Gasteiger partial charge < -0.3 is 15.9 Å². The van der Waals surface area contributed by atoms with Gasteiger partial charge >= 0.3 is 5.91 Å². The van der Waals surface area contributed by atoms with Crippen molar-refractivity contribution in [2.45, 2.75) is 26.2 Å². The van der Waals surface area contributed by atoms with Crippen LogP contribution in [-0.4, -0.2) is 28.5 Å². The highest BCUT2D eigenvalue weighted by Gasteiger charge is 2.28. The first-order valence-corrected chi connectivity index (χ1v) is 8.26. The lowest BCUT2D eigenvalue weighted by atomic mass is 9.93. The number of amides is 2. The Balaban J connectivity index is 1.78. The van der Waals surface area contributed by atoms with E-state index < -0.39 is 11.8 Å². The standard InChI is InChI=1S/C17H19N7O3/c1-9-13-11(21-24-17(18)19)3-2-4-12(13)27-14(9)16(26)23-22-15(25)10-5-7-20-8-6-10/h5-8H,2-4H2,1H3,(H,22,25)(H,23,26)(H4,18,19,24)/b21-11+. The van der Waals surface area contributed by atoms with Crippen LogP contribution in [0.2, 0.25) is 0 Å². The predicted octanol–water partition coefficient (Wildman–Crippen LogP) is 0.372. The molecule has 2 heterocycles. The molecule has 140 valence electrons. The van der Waals surface area contributed by atoms with E-state index in [0.717, 1.165) is 12.0 Å². The Morgan fingerprint density at radius 2 is 1.85 bits per heavy atom. The average Bonchev–Trinajstić information content (AvgIpc) is 3.02. The SMILES string of the molecule is Cc1c(C(=O)NNC(=O)c2ccncc2)oc2c1/C(=N/N=C(N)N)CCC2. The summed E-state index contributed by atoms with van der Waals surface area (Å²) in [6, 6.07) is 3.06. The maximum atomic E-state index is 12.5. The third kappa shape index (κ3) is 3.94. The van der Waals surface area contributed by atoms with Gasteiger partial charge in [0.25, 0.3) is 5.91 Å². The molecule has 0 saturated heterocycles. The zero-order chi connectivity index (χ0) is 19.4. The molecule has 2 aromatic rings. The number of nitrogens with one attached hydrogen (secondary N) is 2. The molecule has 0 radical (unpaired) electrons. The van der Waals surface area contributed by atoms with E-state index >= 15 is 0 Å². The van der Waals surface area contributed by atoms with E-state index in [1.54, 1.807) is 6.92 Å². The molecule has 0 unspecified atom stereocenters. The van der Waals surface area contributed by atoms with Gasteiger partial charge in [0.2, 0.25) is 5.96 Å². The van der Waals surface area contributed by atoms with Gasteiger partial charge in [-0.05, 0) is 31.9 Å². The van der Waals surface area contributed by atoms with Crippen molar-refractivity contribution >= 4 is 23.5 Å². The lowest BCUT2D eigenvalue weighted by Crippen LogP contribution is -2.41. The molecule has 2 amide bonds. The van der Waals surface area contributed by atoms with Crippen molar-refractivity contribution < 1.29 is 14.0 Å². The van der Waals surface area contributed by atoms with E-state index in [9.17, 15) is 9.59 Å². The molecule has 27 heavy (non-hydrogen) atoms. The number of furan rings is 1. The zero-order valence-corrected chi connectivity index (χ0v) is 14.7. The first-order valence-electron chi connectivity index (χ1n) is 8.26. The summed E-state index contributed by atoms with van der Waals surface area (Å²) in [5.74, 6) is -0.420. The van der Waals surface area contributed by atoms with Gasteiger partial charge in [-0.3, -0.25) is 25.4 Å². The Hall–Kier alpha value is -3.69. The number of aromatic nitrogens is 1. The maximum Gasteiger partial charge on any atom is 0.305 e. The number of nitrogens with zero attached hydrogens (tertiary/aromatic N) is 3. The fourth-order valence-electron chi connectivity index (χ4n) is 2.85. The van der Waals surface area contributed by atoms with Crippen molar-refractivity contribution in [2.24, 2.45) is 21.7 Å². The first-order chi connectivity index (χ1) is 13.0. The van der Waals surface area contributed by atoms with Crippen LogP contribution in [0.25, 0.3) is 0 Å². The number of guanidine groups is 1. The Kier molecular flexibility index (Phi) is 5.15. The van der Waals surface area contributed by atoms with E-state index in [1.165, 1.54) is 24.5 Å². The number of aryl methyl sites for hydroxylation is 1. The molecule has 1 aliphatic carbocycles. The highest BCUT2D eigenvalue weighted by Crippen LogP contribution is 2.30. The van der Waals surface area contributed by atoms with Gasteiger partial charge in [0, 0.05) is 35.5 Å². The molecule has 0 saturated carbocycles. The van der Waals surface area contributed by atoms with Crippen LogP contribution in [0.1, 0.15) is 50.6 Å². The summed E-state index contributed by atoms with van der Waals surface area (Å²) in [7, 11) is 0. The highest BCUT2D eigenvalue weighted by atomic mass is 16.4. The van der Waals surface area contributed by atoms with Crippen molar-refractivity contribution in [1.82, 2.24) is 15.8 Å². The third-order valence-corrected chi connectivity index (χ3v) is 4.05. The maximum absolute atomic E-state index is 12.5. The van der Waals surface area contributed by atoms with Crippen molar-refractivity contribution in [1.29, 1.82) is 0 Å². The van der Waals surface area contributed by atoms with Crippen LogP contribution < -0.4 is 22.3 Å². The van der Waals surface area contributed by atoms with Crippen LogP contribution in [0.4, 0.5) is 0 Å². The van der Waals surface area contributed by atoms with Gasteiger partial charge in [-0.15, -0.1) is 5.10 Å². The van der Waals surface area contributed by atoms with Crippen LogP contribution >= 0.6 is 0 Å². The largest absolute Gasteiger partial charge is 0.455 e. The third-order valence-electron chi connectivity index (χ3n) is 4.05. The van der Waals surface area contributed by atoms with Crippen LogP contribution in [-0.2, 0) is 6.42 Å². The number of hydrazine groups is 1. The normalized spacial score (nSPS) is 14.3. The van der Waals surface area contributed by atoms with Crippen LogP contribution in [0, 0.1) is 6.92 Å². The Bertz CT molecular complexity index is 928. The summed E-state index contributed by atoms with van der Waals surface area (Å²) >= 11 is 0. The smallest absolute Gasteiger partial charge is 0.305 e. The van der Waals surface area contributed by atoms with Crippen molar-refractivity contribution in [2.75, 3.05) is 0 Å². The quantitative estimate of drug-likeness (QED) is 0.347. The van der Waals surface area contributed by atoms with Crippen LogP contribution in [0.15, 0.2) is 39.1 Å². The monoisotopic (exact) mass is 369 g/mol. The van der Waals surface area contributed by atoms with E-state index in [-0.39, 0.29) is 11.7 Å². The Morgan fingerprint density at radius 3 is 2.56 bits per heavy atom. The molecule has 10 heteroatoms. The fraction of sp³-hybridized carbons (Fsp3) is 0.235. The number of carbonyl (C=O) groups excluding carboxylic acids is 2. The van der Waals surface area contributed by atoms with Gasteiger partial charge in [-0.1, -0.05) is 0 Å². The predicted molar refractivity (Wildman–Crippen MR) is 97.9 cm³/mol. The zero-order valence-electron chi connectivity index (χ0n) is 14.7. The Labute approximate surface area is 154 Å². The van der Waals surface area contributed by atoms with E-state index in [4.69, 9.17) is 15.9 Å². The Morgan fingerprint density at radius 1 is 1.15 bits per heavy atom. The first kappa shape index (κ1) is 18.1. The van der Waals surface area contributed by atoms with Gasteiger partial charge in [0.1, 0.15) is 5.76 Å². The molecule has 3 rings (SSSR count). The van der Waals surface area contributed by atoms with Crippen molar-refractivity contribution in [3.63, 3.8) is 0 Å². The molecule has 0 fully saturated rings. The molecule has 0 spiro atoms. The summed E-state index contributed by atoms with van der Waals surface area (Å²) in [6.45, 7) is 1.75.